The number of anilines is 1. The van der Waals surface area contributed by atoms with Gasteiger partial charge >= 0.3 is 0 Å². The minimum absolute atomic E-state index is 0.00565. The predicted molar refractivity (Wildman–Crippen MR) is 185 cm³/mol. The van der Waals surface area contributed by atoms with Gasteiger partial charge in [-0.05, 0) is 72.5 Å². The van der Waals surface area contributed by atoms with Gasteiger partial charge in [0.05, 0.1) is 17.7 Å². The molecule has 11 heteroatoms. The summed E-state index contributed by atoms with van der Waals surface area (Å²) in [5.74, 6) is -0.349. The van der Waals surface area contributed by atoms with E-state index in [1.54, 1.807) is 60.7 Å². The van der Waals surface area contributed by atoms with Crippen molar-refractivity contribution in [3.05, 3.63) is 124 Å². The number of halogens is 2. The van der Waals surface area contributed by atoms with Gasteiger partial charge in [-0.2, -0.15) is 0 Å². The molecule has 0 aromatic heterocycles. The van der Waals surface area contributed by atoms with Gasteiger partial charge in [-0.1, -0.05) is 90.6 Å². The van der Waals surface area contributed by atoms with Crippen molar-refractivity contribution in [2.45, 2.75) is 55.6 Å². The van der Waals surface area contributed by atoms with Crippen molar-refractivity contribution >= 4 is 50.7 Å². The van der Waals surface area contributed by atoms with Gasteiger partial charge in [-0.3, -0.25) is 13.9 Å². The summed E-state index contributed by atoms with van der Waals surface area (Å²) < 4.78 is 34.6. The van der Waals surface area contributed by atoms with E-state index in [0.717, 1.165) is 35.6 Å². The fraction of sp³-hybridized carbons (Fsp3) is 0.278. The highest BCUT2D eigenvalue weighted by Crippen LogP contribution is 2.28. The normalized spacial score (nSPS) is 13.9. The highest BCUT2D eigenvalue weighted by Gasteiger charge is 2.35. The molecule has 0 bridgehead atoms. The van der Waals surface area contributed by atoms with E-state index in [-0.39, 0.29) is 35.5 Å². The Balaban J connectivity index is 1.58. The Labute approximate surface area is 286 Å². The highest BCUT2D eigenvalue weighted by molar-refractivity contribution is 7.92. The third kappa shape index (κ3) is 8.66. The average molecular weight is 695 g/mol. The van der Waals surface area contributed by atoms with Crippen LogP contribution in [0.4, 0.5) is 5.69 Å². The number of hydrogen-bond acceptors (Lipinski definition) is 5. The monoisotopic (exact) mass is 693 g/mol. The van der Waals surface area contributed by atoms with E-state index in [1.165, 1.54) is 24.1 Å². The maximum Gasteiger partial charge on any atom is 0.264 e. The van der Waals surface area contributed by atoms with Gasteiger partial charge in [-0.15, -0.1) is 0 Å². The smallest absolute Gasteiger partial charge is 0.264 e. The molecule has 0 heterocycles. The van der Waals surface area contributed by atoms with Gasteiger partial charge in [0.1, 0.15) is 18.3 Å². The predicted octanol–water partition coefficient (Wildman–Crippen LogP) is 6.90. The van der Waals surface area contributed by atoms with Crippen LogP contribution in [0.1, 0.15) is 36.8 Å². The molecule has 0 radical (unpaired) electrons. The van der Waals surface area contributed by atoms with Crippen molar-refractivity contribution in [2.75, 3.05) is 18.0 Å². The molecule has 2 amide bonds. The first-order chi connectivity index (χ1) is 22.7. The molecule has 0 unspecified atom stereocenters. The van der Waals surface area contributed by atoms with Gasteiger partial charge < -0.3 is 15.0 Å². The Bertz CT molecular complexity index is 1770. The Morgan fingerprint density at radius 3 is 2.15 bits per heavy atom. The van der Waals surface area contributed by atoms with E-state index in [1.807, 2.05) is 30.3 Å². The number of sulfonamides is 1. The molecule has 0 spiro atoms. The molecule has 5 rings (SSSR count). The van der Waals surface area contributed by atoms with E-state index >= 15 is 0 Å². The van der Waals surface area contributed by atoms with Crippen LogP contribution >= 0.6 is 23.2 Å². The number of carbonyl (C=O) groups is 2. The molecule has 47 heavy (non-hydrogen) atoms. The number of amides is 2. The summed E-state index contributed by atoms with van der Waals surface area (Å²) >= 11 is 12.8. The number of methoxy groups -OCH3 is 1. The molecule has 1 aliphatic carbocycles. The van der Waals surface area contributed by atoms with Gasteiger partial charge in [0.2, 0.25) is 11.8 Å². The van der Waals surface area contributed by atoms with Gasteiger partial charge in [0.25, 0.3) is 10.0 Å². The van der Waals surface area contributed by atoms with Crippen LogP contribution in [0, 0.1) is 0 Å². The number of hydrogen-bond donors (Lipinski definition) is 1. The molecule has 8 nitrogen and oxygen atoms in total. The SMILES string of the molecule is COc1ccc(N(CC(=O)N(Cc2ccc(Cl)cc2Cl)[C@@H](Cc2ccccc2)C(=O)NC2CCCC2)S(=O)(=O)c2ccccc2)cc1. The summed E-state index contributed by atoms with van der Waals surface area (Å²) in [4.78, 5) is 30.2. The number of benzene rings is 4. The molecule has 1 N–H and O–H groups in total. The second-order valence-corrected chi connectivity index (χ2v) is 14.2. The zero-order chi connectivity index (χ0) is 33.4. The topological polar surface area (TPSA) is 96.0 Å². The lowest BCUT2D eigenvalue weighted by Gasteiger charge is -2.34. The first kappa shape index (κ1) is 34.3. The van der Waals surface area contributed by atoms with Crippen molar-refractivity contribution < 1.29 is 22.7 Å². The van der Waals surface area contributed by atoms with Crippen molar-refractivity contribution in [3.63, 3.8) is 0 Å². The first-order valence-electron chi connectivity index (χ1n) is 15.5. The molecule has 1 saturated carbocycles. The van der Waals surface area contributed by atoms with Crippen LogP contribution in [-0.2, 0) is 32.6 Å². The molecule has 0 saturated heterocycles. The second-order valence-electron chi connectivity index (χ2n) is 11.5. The maximum absolute atomic E-state index is 14.6. The number of nitrogens with one attached hydrogen (secondary N) is 1. The van der Waals surface area contributed by atoms with Gasteiger partial charge in [-0.25, -0.2) is 8.42 Å². The average Bonchev–Trinajstić information content (AvgIpc) is 3.60. The molecule has 1 atom stereocenters. The third-order valence-electron chi connectivity index (χ3n) is 8.30. The van der Waals surface area contributed by atoms with E-state index in [9.17, 15) is 18.0 Å². The minimum atomic E-state index is -4.21. The fourth-order valence-electron chi connectivity index (χ4n) is 5.75. The zero-order valence-corrected chi connectivity index (χ0v) is 28.3. The van der Waals surface area contributed by atoms with Crippen molar-refractivity contribution in [3.8, 4) is 5.75 Å². The Kier molecular flexibility index (Phi) is 11.4. The van der Waals surface area contributed by atoms with Crippen LogP contribution in [0.15, 0.2) is 108 Å². The van der Waals surface area contributed by atoms with E-state index in [2.05, 4.69) is 5.32 Å². The summed E-state index contributed by atoms with van der Waals surface area (Å²) in [6, 6.07) is 27.8. The summed E-state index contributed by atoms with van der Waals surface area (Å²) in [6.45, 7) is -0.622. The molecule has 246 valence electrons. The van der Waals surface area contributed by atoms with Crippen molar-refractivity contribution in [1.82, 2.24) is 10.2 Å². The maximum atomic E-state index is 14.6. The molecule has 4 aromatic rings. The molecule has 0 aliphatic heterocycles. The zero-order valence-electron chi connectivity index (χ0n) is 26.0. The Morgan fingerprint density at radius 1 is 0.894 bits per heavy atom. The van der Waals surface area contributed by atoms with Crippen LogP contribution in [0.25, 0.3) is 0 Å². The number of carbonyl (C=O) groups excluding carboxylic acids is 2. The lowest BCUT2D eigenvalue weighted by atomic mass is 10.0. The lowest BCUT2D eigenvalue weighted by molar-refractivity contribution is -0.140. The van der Waals surface area contributed by atoms with E-state index in [0.29, 0.717) is 21.4 Å². The van der Waals surface area contributed by atoms with Crippen LogP contribution in [0.3, 0.4) is 0 Å². The van der Waals surface area contributed by atoms with Gasteiger partial charge in [0, 0.05) is 29.1 Å². The Morgan fingerprint density at radius 2 is 1.53 bits per heavy atom. The second kappa shape index (κ2) is 15.7. The highest BCUT2D eigenvalue weighted by atomic mass is 35.5. The molecule has 4 aromatic carbocycles. The Hall–Kier alpha value is -4.05. The van der Waals surface area contributed by atoms with Crippen LogP contribution in [-0.4, -0.2) is 50.9 Å². The fourth-order valence-corrected chi connectivity index (χ4v) is 7.66. The molecule has 1 fully saturated rings. The third-order valence-corrected chi connectivity index (χ3v) is 10.7. The molecule has 1 aliphatic rings. The summed E-state index contributed by atoms with van der Waals surface area (Å²) in [7, 11) is -2.70. The number of nitrogens with zero attached hydrogens (tertiary/aromatic N) is 2. The summed E-state index contributed by atoms with van der Waals surface area (Å²) in [5, 5.41) is 3.92. The quantitative estimate of drug-likeness (QED) is 0.164. The minimum Gasteiger partial charge on any atom is -0.497 e. The first-order valence-corrected chi connectivity index (χ1v) is 17.6. The van der Waals surface area contributed by atoms with E-state index in [4.69, 9.17) is 27.9 Å². The standard InChI is InChI=1S/C36H37Cl2N3O5S/c1-46-31-20-18-30(19-21-31)41(47(44,45)32-14-6-3-7-15-32)25-35(42)40(24-27-16-17-28(37)23-33(27)38)34(22-26-10-4-2-5-11-26)36(43)39-29-12-8-9-13-29/h2-7,10-11,14-21,23,29,34H,8-9,12-13,22,24-25H2,1H3,(H,39,43)/t34-/m0/s1. The van der Waals surface area contributed by atoms with Crippen molar-refractivity contribution in [1.29, 1.82) is 0 Å². The summed E-state index contributed by atoms with van der Waals surface area (Å²) in [6.07, 6.45) is 3.98. The molecular formula is C36H37Cl2N3O5S. The van der Waals surface area contributed by atoms with E-state index < -0.39 is 28.5 Å². The number of ether oxygens (including phenoxy) is 1. The molecular weight excluding hydrogens is 657 g/mol. The van der Waals surface area contributed by atoms with Gasteiger partial charge in [0.15, 0.2) is 0 Å². The van der Waals surface area contributed by atoms with Crippen molar-refractivity contribution in [2.24, 2.45) is 0 Å². The van der Waals surface area contributed by atoms with Crippen LogP contribution in [0.5, 0.6) is 5.75 Å². The number of rotatable bonds is 13. The van der Waals surface area contributed by atoms with Crippen LogP contribution in [0.2, 0.25) is 10.0 Å². The van der Waals surface area contributed by atoms with Crippen LogP contribution < -0.4 is 14.4 Å². The lowest BCUT2D eigenvalue weighted by Crippen LogP contribution is -2.54. The largest absolute Gasteiger partial charge is 0.497 e. The summed E-state index contributed by atoms with van der Waals surface area (Å²) in [5.41, 5.74) is 1.68.